The highest BCUT2D eigenvalue weighted by Crippen LogP contribution is 2.28. The number of halogens is 1. The summed E-state index contributed by atoms with van der Waals surface area (Å²) in [4.78, 5) is 16.4. The SMILES string of the molecule is CC(Nc1nnnc2ccc(N3CCN(C(=O)OC(C)(C)C)CC3)cc12)c1cccc(Cl)c1. The molecule has 0 bridgehead atoms. The number of rotatable bonds is 4. The molecule has 9 heteroatoms. The van der Waals surface area contributed by atoms with Crippen LogP contribution >= 0.6 is 11.6 Å². The van der Waals surface area contributed by atoms with Crippen molar-refractivity contribution in [3.8, 4) is 0 Å². The molecule has 1 fully saturated rings. The van der Waals surface area contributed by atoms with Crippen LogP contribution in [0.5, 0.6) is 0 Å². The molecule has 3 aromatic rings. The topological polar surface area (TPSA) is 83.5 Å². The third-order valence-electron chi connectivity index (χ3n) is 5.53. The first-order chi connectivity index (χ1) is 15.7. The average Bonchev–Trinajstić information content (AvgIpc) is 2.78. The fourth-order valence-electron chi connectivity index (χ4n) is 3.81. The fraction of sp³-hybridized carbons (Fsp3) is 0.417. The van der Waals surface area contributed by atoms with Crippen LogP contribution < -0.4 is 10.2 Å². The van der Waals surface area contributed by atoms with E-state index in [4.69, 9.17) is 16.3 Å². The van der Waals surface area contributed by atoms with Crippen LogP contribution in [0.3, 0.4) is 0 Å². The lowest BCUT2D eigenvalue weighted by molar-refractivity contribution is 0.0240. The molecule has 4 rings (SSSR count). The molecule has 0 aliphatic carbocycles. The predicted molar refractivity (Wildman–Crippen MR) is 131 cm³/mol. The van der Waals surface area contributed by atoms with Crippen molar-refractivity contribution in [2.75, 3.05) is 36.4 Å². The van der Waals surface area contributed by atoms with E-state index in [2.05, 4.69) is 38.6 Å². The van der Waals surface area contributed by atoms with E-state index < -0.39 is 5.60 Å². The van der Waals surface area contributed by atoms with Gasteiger partial charge in [-0.25, -0.2) is 4.79 Å². The highest BCUT2D eigenvalue weighted by Gasteiger charge is 2.26. The molecule has 1 unspecified atom stereocenters. The van der Waals surface area contributed by atoms with Crippen molar-refractivity contribution in [2.45, 2.75) is 39.3 Å². The molecule has 0 spiro atoms. The predicted octanol–water partition coefficient (Wildman–Crippen LogP) is 4.91. The summed E-state index contributed by atoms with van der Waals surface area (Å²) >= 11 is 6.15. The zero-order chi connectivity index (χ0) is 23.6. The van der Waals surface area contributed by atoms with Crippen molar-refractivity contribution < 1.29 is 9.53 Å². The highest BCUT2D eigenvalue weighted by molar-refractivity contribution is 6.30. The molecule has 2 heterocycles. The van der Waals surface area contributed by atoms with Gasteiger partial charge in [-0.3, -0.25) is 0 Å². The maximum absolute atomic E-state index is 12.4. The summed E-state index contributed by atoms with van der Waals surface area (Å²) in [5.41, 5.74) is 2.39. The first-order valence-corrected chi connectivity index (χ1v) is 11.5. The van der Waals surface area contributed by atoms with Gasteiger partial charge in [0.05, 0.1) is 11.6 Å². The van der Waals surface area contributed by atoms with Crippen LogP contribution in [0.2, 0.25) is 5.02 Å². The average molecular weight is 469 g/mol. The monoisotopic (exact) mass is 468 g/mol. The number of amides is 1. The van der Waals surface area contributed by atoms with E-state index in [1.165, 1.54) is 0 Å². The van der Waals surface area contributed by atoms with Crippen molar-refractivity contribution in [3.05, 3.63) is 53.1 Å². The quantitative estimate of drug-likeness (QED) is 0.582. The number of carbonyl (C=O) groups excluding carboxylic acids is 1. The summed E-state index contributed by atoms with van der Waals surface area (Å²) in [6.45, 7) is 10.4. The molecular weight excluding hydrogens is 440 g/mol. The van der Waals surface area contributed by atoms with Gasteiger partial charge in [0, 0.05) is 42.3 Å². The number of hydrogen-bond donors (Lipinski definition) is 1. The standard InChI is InChI=1S/C24H29ClN6O2/c1-16(17-6-5-7-18(25)14-17)26-22-20-15-19(8-9-21(20)27-29-28-22)30-10-12-31(13-11-30)23(32)33-24(2,3)4/h5-9,14-16H,10-13H2,1-4H3,(H,26,27,28). The lowest BCUT2D eigenvalue weighted by Crippen LogP contribution is -2.50. The minimum Gasteiger partial charge on any atom is -0.444 e. The first-order valence-electron chi connectivity index (χ1n) is 11.1. The second-order valence-corrected chi connectivity index (χ2v) is 9.65. The number of ether oxygens (including phenoxy) is 1. The van der Waals surface area contributed by atoms with Crippen LogP contribution in [0, 0.1) is 0 Å². The zero-order valence-electron chi connectivity index (χ0n) is 19.4. The smallest absolute Gasteiger partial charge is 0.410 e. The molecule has 0 radical (unpaired) electrons. The Kier molecular flexibility index (Phi) is 6.56. The highest BCUT2D eigenvalue weighted by atomic mass is 35.5. The van der Waals surface area contributed by atoms with E-state index >= 15 is 0 Å². The molecule has 0 saturated carbocycles. The second-order valence-electron chi connectivity index (χ2n) is 9.21. The maximum atomic E-state index is 12.4. The number of nitrogens with one attached hydrogen (secondary N) is 1. The van der Waals surface area contributed by atoms with E-state index in [9.17, 15) is 4.79 Å². The van der Waals surface area contributed by atoms with Gasteiger partial charge in [-0.1, -0.05) is 23.7 Å². The molecule has 1 N–H and O–H groups in total. The second kappa shape index (κ2) is 9.39. The Balaban J connectivity index is 1.50. The van der Waals surface area contributed by atoms with Crippen LogP contribution in [0.4, 0.5) is 16.3 Å². The van der Waals surface area contributed by atoms with Gasteiger partial charge in [0.25, 0.3) is 0 Å². The molecule has 1 saturated heterocycles. The van der Waals surface area contributed by atoms with Crippen LogP contribution in [-0.4, -0.2) is 58.2 Å². The van der Waals surface area contributed by atoms with Gasteiger partial charge in [-0.05, 0) is 68.8 Å². The van der Waals surface area contributed by atoms with Gasteiger partial charge < -0.3 is 19.9 Å². The first kappa shape index (κ1) is 23.0. The number of benzene rings is 2. The summed E-state index contributed by atoms with van der Waals surface area (Å²) in [7, 11) is 0. The van der Waals surface area contributed by atoms with Crippen LogP contribution in [0.1, 0.15) is 39.3 Å². The van der Waals surface area contributed by atoms with Gasteiger partial charge >= 0.3 is 6.09 Å². The minimum absolute atomic E-state index is 0.00960. The van der Waals surface area contributed by atoms with E-state index in [0.717, 1.165) is 35.2 Å². The normalized spacial score (nSPS) is 15.4. The van der Waals surface area contributed by atoms with Crippen molar-refractivity contribution in [3.63, 3.8) is 0 Å². The van der Waals surface area contributed by atoms with E-state index in [-0.39, 0.29) is 12.1 Å². The van der Waals surface area contributed by atoms with Crippen molar-refractivity contribution in [2.24, 2.45) is 0 Å². The Morgan fingerprint density at radius 1 is 1.09 bits per heavy atom. The van der Waals surface area contributed by atoms with Gasteiger partial charge in [0.2, 0.25) is 0 Å². The molecule has 8 nitrogen and oxygen atoms in total. The van der Waals surface area contributed by atoms with Gasteiger partial charge in [0.1, 0.15) is 5.60 Å². The Morgan fingerprint density at radius 3 is 2.55 bits per heavy atom. The summed E-state index contributed by atoms with van der Waals surface area (Å²) in [6, 6.07) is 13.8. The number of aromatic nitrogens is 3. The Labute approximate surface area is 198 Å². The largest absolute Gasteiger partial charge is 0.444 e. The van der Waals surface area contributed by atoms with Gasteiger partial charge in [-0.2, -0.15) is 0 Å². The zero-order valence-corrected chi connectivity index (χ0v) is 20.1. The van der Waals surface area contributed by atoms with Crippen molar-refractivity contribution in [1.29, 1.82) is 0 Å². The maximum Gasteiger partial charge on any atom is 0.410 e. The van der Waals surface area contributed by atoms with Gasteiger partial charge in [-0.15, -0.1) is 10.2 Å². The Morgan fingerprint density at radius 2 is 1.85 bits per heavy atom. The summed E-state index contributed by atoms with van der Waals surface area (Å²) in [5, 5.41) is 17.4. The lowest BCUT2D eigenvalue weighted by Gasteiger charge is -2.36. The van der Waals surface area contributed by atoms with E-state index in [0.29, 0.717) is 23.9 Å². The number of nitrogens with zero attached hydrogens (tertiary/aromatic N) is 5. The van der Waals surface area contributed by atoms with Crippen LogP contribution in [0.15, 0.2) is 42.5 Å². The molecular formula is C24H29ClN6O2. The summed E-state index contributed by atoms with van der Waals surface area (Å²) < 4.78 is 5.50. The number of hydrogen-bond acceptors (Lipinski definition) is 7. The lowest BCUT2D eigenvalue weighted by atomic mass is 10.1. The summed E-state index contributed by atoms with van der Waals surface area (Å²) in [5.74, 6) is 0.668. The third-order valence-corrected chi connectivity index (χ3v) is 5.77. The Hall–Kier alpha value is -3.13. The number of fused-ring (bicyclic) bond motifs is 1. The Bertz CT molecular complexity index is 1140. The molecule has 2 aromatic carbocycles. The number of carbonyl (C=O) groups is 1. The molecule has 1 aliphatic rings. The van der Waals surface area contributed by atoms with Crippen molar-refractivity contribution in [1.82, 2.24) is 20.3 Å². The third kappa shape index (κ3) is 5.63. The van der Waals surface area contributed by atoms with Gasteiger partial charge in [0.15, 0.2) is 5.82 Å². The molecule has 1 aliphatic heterocycles. The molecule has 33 heavy (non-hydrogen) atoms. The molecule has 1 aromatic heterocycles. The van der Waals surface area contributed by atoms with Crippen molar-refractivity contribution >= 4 is 40.1 Å². The summed E-state index contributed by atoms with van der Waals surface area (Å²) in [6.07, 6.45) is -0.262. The van der Waals surface area contributed by atoms with E-state index in [1.807, 2.05) is 57.2 Å². The molecule has 174 valence electrons. The number of piperazine rings is 1. The van der Waals surface area contributed by atoms with E-state index in [1.54, 1.807) is 4.90 Å². The molecule has 1 amide bonds. The number of anilines is 2. The van der Waals surface area contributed by atoms with Crippen LogP contribution in [-0.2, 0) is 4.74 Å². The molecule has 1 atom stereocenters. The fourth-order valence-corrected chi connectivity index (χ4v) is 4.01. The minimum atomic E-state index is -0.494. The van der Waals surface area contributed by atoms with Crippen LogP contribution in [0.25, 0.3) is 10.9 Å².